The Hall–Kier alpha value is -0.880. The van der Waals surface area contributed by atoms with Crippen molar-refractivity contribution >= 4 is 15.9 Å². The van der Waals surface area contributed by atoms with Gasteiger partial charge in [-0.3, -0.25) is 4.98 Å². The van der Waals surface area contributed by atoms with Crippen molar-refractivity contribution < 1.29 is 0 Å². The van der Waals surface area contributed by atoms with Gasteiger partial charge >= 0.3 is 0 Å². The van der Waals surface area contributed by atoms with Crippen LogP contribution in [0.4, 0.5) is 0 Å². The van der Waals surface area contributed by atoms with Crippen molar-refractivity contribution in [3.63, 3.8) is 0 Å². The summed E-state index contributed by atoms with van der Waals surface area (Å²) in [5.74, 6) is 0.415. The zero-order chi connectivity index (χ0) is 11.4. The van der Waals surface area contributed by atoms with E-state index >= 15 is 0 Å². The van der Waals surface area contributed by atoms with E-state index in [1.54, 1.807) is 0 Å². The Bertz CT molecular complexity index is 380. The van der Waals surface area contributed by atoms with Crippen LogP contribution in [-0.2, 0) is 0 Å². The second-order valence-corrected chi connectivity index (χ2v) is 5.02. The Morgan fingerprint density at radius 2 is 2.20 bits per heavy atom. The summed E-state index contributed by atoms with van der Waals surface area (Å²) in [4.78, 5) is 4.31. The first-order valence-corrected chi connectivity index (χ1v) is 5.85. The Morgan fingerprint density at radius 1 is 1.53 bits per heavy atom. The average Bonchev–Trinajstić information content (AvgIpc) is 2.18. The number of nitriles is 1. The molecule has 1 aromatic rings. The molecule has 1 unspecified atom stereocenters. The number of aryl methyl sites for hydroxylation is 1. The van der Waals surface area contributed by atoms with E-state index in [4.69, 9.17) is 5.26 Å². The monoisotopic (exact) mass is 266 g/mol. The van der Waals surface area contributed by atoms with Gasteiger partial charge in [-0.15, -0.1) is 0 Å². The molecule has 0 saturated heterocycles. The Morgan fingerprint density at radius 3 is 2.67 bits per heavy atom. The van der Waals surface area contributed by atoms with Gasteiger partial charge in [0.25, 0.3) is 0 Å². The fourth-order valence-corrected chi connectivity index (χ4v) is 1.75. The maximum atomic E-state index is 9.08. The lowest BCUT2D eigenvalue weighted by Gasteiger charge is -2.11. The minimum atomic E-state index is -0.0955. The molecule has 0 fully saturated rings. The molecular weight excluding hydrogens is 252 g/mol. The Kier molecular flexibility index (Phi) is 4.28. The van der Waals surface area contributed by atoms with Crippen molar-refractivity contribution in [3.05, 3.63) is 28.0 Å². The van der Waals surface area contributed by atoms with Crippen LogP contribution >= 0.6 is 15.9 Å². The molecule has 80 valence electrons. The van der Waals surface area contributed by atoms with Gasteiger partial charge in [0.05, 0.1) is 17.7 Å². The molecule has 0 radical (unpaired) electrons. The lowest BCUT2D eigenvalue weighted by molar-refractivity contribution is 0.548. The first-order valence-electron chi connectivity index (χ1n) is 5.06. The summed E-state index contributed by atoms with van der Waals surface area (Å²) in [7, 11) is 0. The number of hydrogen-bond acceptors (Lipinski definition) is 2. The number of nitrogens with zero attached hydrogens (tertiary/aromatic N) is 2. The number of hydrogen-bond donors (Lipinski definition) is 0. The van der Waals surface area contributed by atoms with Crippen molar-refractivity contribution in [2.24, 2.45) is 5.92 Å². The predicted molar refractivity (Wildman–Crippen MR) is 64.5 cm³/mol. The van der Waals surface area contributed by atoms with Gasteiger partial charge in [-0.05, 0) is 30.9 Å². The summed E-state index contributed by atoms with van der Waals surface area (Å²) in [5, 5.41) is 9.08. The molecule has 1 rings (SSSR count). The van der Waals surface area contributed by atoms with Crippen LogP contribution in [0.25, 0.3) is 0 Å². The van der Waals surface area contributed by atoms with E-state index in [0.29, 0.717) is 5.92 Å². The van der Waals surface area contributed by atoms with E-state index in [0.717, 1.165) is 22.2 Å². The molecule has 15 heavy (non-hydrogen) atoms. The van der Waals surface area contributed by atoms with Crippen molar-refractivity contribution in [1.82, 2.24) is 4.98 Å². The van der Waals surface area contributed by atoms with E-state index in [2.05, 4.69) is 40.8 Å². The van der Waals surface area contributed by atoms with E-state index in [-0.39, 0.29) is 5.92 Å². The quantitative estimate of drug-likeness (QED) is 0.835. The Balaban J connectivity index is 2.94. The molecule has 1 heterocycles. The van der Waals surface area contributed by atoms with Crippen LogP contribution < -0.4 is 0 Å². The molecule has 0 aliphatic carbocycles. The zero-order valence-corrected chi connectivity index (χ0v) is 10.9. The number of halogens is 1. The molecule has 0 spiro atoms. The molecule has 0 bridgehead atoms. The van der Waals surface area contributed by atoms with E-state index in [1.807, 2.05) is 19.2 Å². The highest BCUT2D eigenvalue weighted by molar-refractivity contribution is 9.10. The van der Waals surface area contributed by atoms with Crippen molar-refractivity contribution in [3.8, 4) is 6.07 Å². The second kappa shape index (κ2) is 5.27. The Labute approximate surface area is 99.5 Å². The molecule has 3 heteroatoms. The van der Waals surface area contributed by atoms with Crippen LogP contribution in [-0.4, -0.2) is 4.98 Å². The van der Waals surface area contributed by atoms with Gasteiger partial charge in [-0.1, -0.05) is 29.8 Å². The van der Waals surface area contributed by atoms with Crippen molar-refractivity contribution in [1.29, 1.82) is 5.26 Å². The highest BCUT2D eigenvalue weighted by Gasteiger charge is 2.14. The fraction of sp³-hybridized carbons (Fsp3) is 0.500. The van der Waals surface area contributed by atoms with Gasteiger partial charge < -0.3 is 0 Å². The van der Waals surface area contributed by atoms with Crippen LogP contribution in [0.3, 0.4) is 0 Å². The smallest absolute Gasteiger partial charge is 0.0887 e. The van der Waals surface area contributed by atoms with Crippen molar-refractivity contribution in [2.45, 2.75) is 33.1 Å². The summed E-state index contributed by atoms with van der Waals surface area (Å²) in [5.41, 5.74) is 1.96. The predicted octanol–water partition coefficient (Wildman–Crippen LogP) is 3.81. The van der Waals surface area contributed by atoms with Gasteiger partial charge in [0.15, 0.2) is 0 Å². The fourth-order valence-electron chi connectivity index (χ4n) is 1.42. The summed E-state index contributed by atoms with van der Waals surface area (Å²) >= 11 is 3.46. The topological polar surface area (TPSA) is 36.7 Å². The first kappa shape index (κ1) is 12.2. The standard InChI is InChI=1S/C12H15BrN2/c1-8(2)4-10(6-14)12-5-11(13)9(3)7-15-12/h5,7-8,10H,4H2,1-3H3. The highest BCUT2D eigenvalue weighted by atomic mass is 79.9. The van der Waals surface area contributed by atoms with Gasteiger partial charge in [0.2, 0.25) is 0 Å². The molecule has 0 aliphatic rings. The number of pyridine rings is 1. The second-order valence-electron chi connectivity index (χ2n) is 4.17. The van der Waals surface area contributed by atoms with Crippen LogP contribution in [0.1, 0.15) is 37.4 Å². The van der Waals surface area contributed by atoms with E-state index in [9.17, 15) is 0 Å². The molecule has 2 nitrogen and oxygen atoms in total. The third kappa shape index (κ3) is 3.32. The van der Waals surface area contributed by atoms with Crippen LogP contribution in [0.15, 0.2) is 16.7 Å². The summed E-state index contributed by atoms with van der Waals surface area (Å²) in [6.07, 6.45) is 2.67. The SMILES string of the molecule is Cc1cnc(C(C#N)CC(C)C)cc1Br. The van der Waals surface area contributed by atoms with Gasteiger partial charge in [-0.25, -0.2) is 0 Å². The van der Waals surface area contributed by atoms with Gasteiger partial charge in [0, 0.05) is 10.7 Å². The highest BCUT2D eigenvalue weighted by Crippen LogP contribution is 2.25. The van der Waals surface area contributed by atoms with E-state index in [1.165, 1.54) is 0 Å². The molecule has 0 saturated carbocycles. The maximum Gasteiger partial charge on any atom is 0.0887 e. The molecule has 0 amide bonds. The summed E-state index contributed by atoms with van der Waals surface area (Å²) in [6.45, 7) is 6.23. The number of rotatable bonds is 3. The zero-order valence-electron chi connectivity index (χ0n) is 9.29. The molecule has 1 aromatic heterocycles. The van der Waals surface area contributed by atoms with Gasteiger partial charge in [0.1, 0.15) is 0 Å². The first-order chi connectivity index (χ1) is 7.04. The minimum Gasteiger partial charge on any atom is -0.260 e. The average molecular weight is 267 g/mol. The van der Waals surface area contributed by atoms with Crippen LogP contribution in [0, 0.1) is 24.2 Å². The molecule has 0 aliphatic heterocycles. The largest absolute Gasteiger partial charge is 0.260 e. The molecule has 0 aromatic carbocycles. The molecular formula is C12H15BrN2. The van der Waals surface area contributed by atoms with Crippen molar-refractivity contribution in [2.75, 3.05) is 0 Å². The summed E-state index contributed by atoms with van der Waals surface area (Å²) in [6, 6.07) is 4.26. The van der Waals surface area contributed by atoms with Crippen LogP contribution in [0.2, 0.25) is 0 Å². The third-order valence-corrected chi connectivity index (χ3v) is 3.13. The van der Waals surface area contributed by atoms with E-state index < -0.39 is 0 Å². The lowest BCUT2D eigenvalue weighted by Crippen LogP contribution is -2.03. The van der Waals surface area contributed by atoms with Gasteiger partial charge in [-0.2, -0.15) is 5.26 Å². The lowest BCUT2D eigenvalue weighted by atomic mass is 9.95. The number of aromatic nitrogens is 1. The van der Waals surface area contributed by atoms with Crippen LogP contribution in [0.5, 0.6) is 0 Å². The molecule has 1 atom stereocenters. The normalized spacial score (nSPS) is 12.5. The third-order valence-electron chi connectivity index (χ3n) is 2.28. The summed E-state index contributed by atoms with van der Waals surface area (Å²) < 4.78 is 1.02. The molecule has 0 N–H and O–H groups in total. The minimum absolute atomic E-state index is 0.0955. The maximum absolute atomic E-state index is 9.08.